The monoisotopic (exact) mass is 276 g/mol. The van der Waals surface area contributed by atoms with Gasteiger partial charge >= 0.3 is 0 Å². The molecule has 6 heteroatoms. The van der Waals surface area contributed by atoms with Gasteiger partial charge in [-0.15, -0.1) is 0 Å². The molecule has 0 aliphatic carbocycles. The van der Waals surface area contributed by atoms with Crippen LogP contribution in [0.4, 0.5) is 0 Å². The Balaban J connectivity index is 1.84. The third-order valence-electron chi connectivity index (χ3n) is 3.33. The Morgan fingerprint density at radius 2 is 2.00 bits per heavy atom. The average Bonchev–Trinajstić information content (AvgIpc) is 3.02. The zero-order valence-electron chi connectivity index (χ0n) is 11.4. The van der Waals surface area contributed by atoms with Crippen LogP contribution < -0.4 is 19.9 Å². The van der Waals surface area contributed by atoms with E-state index in [0.29, 0.717) is 30.4 Å². The van der Waals surface area contributed by atoms with Crippen molar-refractivity contribution in [2.75, 3.05) is 6.79 Å². The van der Waals surface area contributed by atoms with Gasteiger partial charge < -0.3 is 24.5 Å². The lowest BCUT2D eigenvalue weighted by Crippen LogP contribution is -2.04. The summed E-state index contributed by atoms with van der Waals surface area (Å²) in [6, 6.07) is 3.66. The topological polar surface area (TPSA) is 79.7 Å². The molecular formula is C14H16N2O4. The molecule has 0 fully saturated rings. The van der Waals surface area contributed by atoms with Crippen LogP contribution in [-0.2, 0) is 13.2 Å². The molecule has 2 heterocycles. The second kappa shape index (κ2) is 5.05. The van der Waals surface area contributed by atoms with Gasteiger partial charge in [-0.25, -0.2) is 0 Å². The van der Waals surface area contributed by atoms with Crippen LogP contribution in [0.25, 0.3) is 0 Å². The van der Waals surface area contributed by atoms with Gasteiger partial charge in [0.15, 0.2) is 11.5 Å². The van der Waals surface area contributed by atoms with Gasteiger partial charge in [0.25, 0.3) is 0 Å². The van der Waals surface area contributed by atoms with E-state index in [9.17, 15) is 0 Å². The highest BCUT2D eigenvalue weighted by atomic mass is 16.7. The third kappa shape index (κ3) is 2.18. The van der Waals surface area contributed by atoms with Gasteiger partial charge in [-0.05, 0) is 19.9 Å². The summed E-state index contributed by atoms with van der Waals surface area (Å²) < 4.78 is 21.6. The molecule has 0 saturated carbocycles. The highest BCUT2D eigenvalue weighted by molar-refractivity contribution is 5.51. The van der Waals surface area contributed by atoms with Crippen molar-refractivity contribution in [1.82, 2.24) is 5.16 Å². The highest BCUT2D eigenvalue weighted by Crippen LogP contribution is 2.38. The maximum atomic E-state index is 5.84. The van der Waals surface area contributed by atoms with E-state index in [-0.39, 0.29) is 6.79 Å². The summed E-state index contributed by atoms with van der Waals surface area (Å²) in [5, 5.41) is 3.90. The predicted molar refractivity (Wildman–Crippen MR) is 70.8 cm³/mol. The molecule has 0 unspecified atom stereocenters. The van der Waals surface area contributed by atoms with Gasteiger partial charge in [-0.3, -0.25) is 0 Å². The lowest BCUT2D eigenvalue weighted by Gasteiger charge is -2.11. The van der Waals surface area contributed by atoms with E-state index >= 15 is 0 Å². The van der Waals surface area contributed by atoms with Crippen LogP contribution in [0.2, 0.25) is 0 Å². The van der Waals surface area contributed by atoms with E-state index in [1.54, 1.807) is 0 Å². The van der Waals surface area contributed by atoms with Crippen LogP contribution >= 0.6 is 0 Å². The second-order valence-corrected chi connectivity index (χ2v) is 4.61. The van der Waals surface area contributed by atoms with Crippen LogP contribution in [0.3, 0.4) is 0 Å². The van der Waals surface area contributed by atoms with Crippen molar-refractivity contribution in [2.45, 2.75) is 27.0 Å². The van der Waals surface area contributed by atoms with Gasteiger partial charge in [0.1, 0.15) is 18.1 Å². The van der Waals surface area contributed by atoms with Crippen molar-refractivity contribution in [3.8, 4) is 17.2 Å². The maximum Gasteiger partial charge on any atom is 0.231 e. The Morgan fingerprint density at radius 3 is 2.65 bits per heavy atom. The van der Waals surface area contributed by atoms with Crippen molar-refractivity contribution >= 4 is 0 Å². The quantitative estimate of drug-likeness (QED) is 0.920. The fourth-order valence-electron chi connectivity index (χ4n) is 2.12. The Hall–Kier alpha value is -2.21. The first-order valence-corrected chi connectivity index (χ1v) is 6.36. The number of aryl methyl sites for hydroxylation is 2. The summed E-state index contributed by atoms with van der Waals surface area (Å²) >= 11 is 0. The number of hydrogen-bond acceptors (Lipinski definition) is 6. The molecule has 0 bridgehead atoms. The van der Waals surface area contributed by atoms with Crippen molar-refractivity contribution in [2.24, 2.45) is 5.73 Å². The van der Waals surface area contributed by atoms with Crippen molar-refractivity contribution < 1.29 is 18.7 Å². The SMILES string of the molecule is Cc1noc(C)c1COc1cc2c(cc1CN)OCO2. The van der Waals surface area contributed by atoms with E-state index < -0.39 is 0 Å². The molecule has 106 valence electrons. The fraction of sp³-hybridized carbons (Fsp3) is 0.357. The molecular weight excluding hydrogens is 260 g/mol. The van der Waals surface area contributed by atoms with Gasteiger partial charge in [-0.2, -0.15) is 0 Å². The molecule has 1 aromatic heterocycles. The third-order valence-corrected chi connectivity index (χ3v) is 3.33. The minimum atomic E-state index is 0.229. The van der Waals surface area contributed by atoms with E-state index in [1.165, 1.54) is 0 Å². The summed E-state index contributed by atoms with van der Waals surface area (Å²) in [6.07, 6.45) is 0. The van der Waals surface area contributed by atoms with E-state index in [2.05, 4.69) is 5.16 Å². The number of rotatable bonds is 4. The van der Waals surface area contributed by atoms with Gasteiger partial charge in [0.05, 0.1) is 11.3 Å². The Morgan fingerprint density at radius 1 is 1.25 bits per heavy atom. The van der Waals surface area contributed by atoms with Crippen molar-refractivity contribution in [3.05, 3.63) is 34.7 Å². The number of hydrogen-bond donors (Lipinski definition) is 1. The summed E-state index contributed by atoms with van der Waals surface area (Å²) in [7, 11) is 0. The van der Waals surface area contributed by atoms with E-state index in [4.69, 9.17) is 24.5 Å². The lowest BCUT2D eigenvalue weighted by atomic mass is 10.1. The van der Waals surface area contributed by atoms with Crippen molar-refractivity contribution in [1.29, 1.82) is 0 Å². The molecule has 0 atom stereocenters. The molecule has 1 aromatic carbocycles. The van der Waals surface area contributed by atoms with Crippen LogP contribution in [-0.4, -0.2) is 11.9 Å². The minimum Gasteiger partial charge on any atom is -0.488 e. The molecule has 2 N–H and O–H groups in total. The summed E-state index contributed by atoms with van der Waals surface area (Å²) in [5.41, 5.74) is 8.40. The molecule has 0 spiro atoms. The normalized spacial score (nSPS) is 12.8. The zero-order chi connectivity index (χ0) is 14.1. The first-order chi connectivity index (χ1) is 9.69. The Kier molecular flexibility index (Phi) is 3.23. The molecule has 2 aromatic rings. The number of fused-ring (bicyclic) bond motifs is 1. The van der Waals surface area contributed by atoms with Gasteiger partial charge in [0.2, 0.25) is 6.79 Å². The molecule has 0 radical (unpaired) electrons. The summed E-state index contributed by atoms with van der Waals surface area (Å²) in [6.45, 7) is 4.73. The van der Waals surface area contributed by atoms with Crippen LogP contribution in [0.15, 0.2) is 16.7 Å². The first-order valence-electron chi connectivity index (χ1n) is 6.36. The fourth-order valence-corrected chi connectivity index (χ4v) is 2.12. The molecule has 1 aliphatic heterocycles. The summed E-state index contributed by atoms with van der Waals surface area (Å²) in [4.78, 5) is 0. The molecule has 0 amide bonds. The van der Waals surface area contributed by atoms with Crippen molar-refractivity contribution in [3.63, 3.8) is 0 Å². The second-order valence-electron chi connectivity index (χ2n) is 4.61. The van der Waals surface area contributed by atoms with Gasteiger partial charge in [-0.1, -0.05) is 5.16 Å². The lowest BCUT2D eigenvalue weighted by molar-refractivity contribution is 0.173. The Bertz CT molecular complexity index is 617. The van der Waals surface area contributed by atoms with E-state index in [1.807, 2.05) is 26.0 Å². The largest absolute Gasteiger partial charge is 0.488 e. The zero-order valence-corrected chi connectivity index (χ0v) is 11.4. The minimum absolute atomic E-state index is 0.229. The van der Waals surface area contributed by atoms with Crippen LogP contribution in [0.5, 0.6) is 17.2 Å². The number of ether oxygens (including phenoxy) is 3. The Labute approximate surface area is 116 Å². The number of nitrogens with two attached hydrogens (primary N) is 1. The molecule has 3 rings (SSSR count). The number of benzene rings is 1. The molecule has 0 saturated heterocycles. The number of nitrogens with zero attached hydrogens (tertiary/aromatic N) is 1. The average molecular weight is 276 g/mol. The molecule has 1 aliphatic rings. The number of aromatic nitrogens is 1. The van der Waals surface area contributed by atoms with Crippen LogP contribution in [0.1, 0.15) is 22.6 Å². The van der Waals surface area contributed by atoms with Gasteiger partial charge in [0, 0.05) is 18.2 Å². The standard InChI is InChI=1S/C14H16N2O4/c1-8-11(9(2)20-16-8)6-17-12-4-14-13(18-7-19-14)3-10(12)5-15/h3-4H,5-7,15H2,1-2H3. The smallest absolute Gasteiger partial charge is 0.231 e. The van der Waals surface area contributed by atoms with Crippen LogP contribution in [0, 0.1) is 13.8 Å². The predicted octanol–water partition coefficient (Wildman–Crippen LogP) is 2.06. The first kappa shape index (κ1) is 12.8. The summed E-state index contributed by atoms with van der Waals surface area (Å²) in [5.74, 6) is 2.83. The molecule has 6 nitrogen and oxygen atoms in total. The van der Waals surface area contributed by atoms with E-state index in [0.717, 1.165) is 22.6 Å². The maximum absolute atomic E-state index is 5.84. The highest BCUT2D eigenvalue weighted by Gasteiger charge is 2.18. The molecule has 20 heavy (non-hydrogen) atoms.